The Morgan fingerprint density at radius 2 is 2.16 bits per heavy atom. The third-order valence-electron chi connectivity index (χ3n) is 4.76. The van der Waals surface area contributed by atoms with Crippen molar-refractivity contribution in [2.45, 2.75) is 24.8 Å². The van der Waals surface area contributed by atoms with E-state index in [1.807, 2.05) is 23.2 Å². The monoisotopic (exact) mass is 356 g/mol. The van der Waals surface area contributed by atoms with Crippen LogP contribution in [0, 0.1) is 0 Å². The zero-order valence-corrected chi connectivity index (χ0v) is 14.6. The number of carbonyl (C=O) groups excluding carboxylic acids is 2. The Bertz CT molecular complexity index is 764. The van der Waals surface area contributed by atoms with Gasteiger partial charge in [-0.1, -0.05) is 6.07 Å². The minimum atomic E-state index is -0.114. The summed E-state index contributed by atoms with van der Waals surface area (Å²) in [6, 6.07) is 7.46. The number of pyridine rings is 1. The maximum Gasteiger partial charge on any atom is 0.264 e. The van der Waals surface area contributed by atoms with Crippen LogP contribution < -0.4 is 10.6 Å². The molecule has 130 valence electrons. The Balaban J connectivity index is 1.33. The van der Waals surface area contributed by atoms with Crippen molar-refractivity contribution in [2.24, 2.45) is 0 Å². The third kappa shape index (κ3) is 3.43. The Labute approximate surface area is 150 Å². The minimum Gasteiger partial charge on any atom is -0.337 e. The van der Waals surface area contributed by atoms with Gasteiger partial charge in [-0.3, -0.25) is 14.6 Å². The number of likely N-dealkylation sites (tertiary alicyclic amines) is 1. The molecule has 0 bridgehead atoms. The number of hydrogen-bond acceptors (Lipinski definition) is 5. The van der Waals surface area contributed by atoms with Gasteiger partial charge in [0.2, 0.25) is 5.91 Å². The molecule has 6 nitrogen and oxygen atoms in total. The van der Waals surface area contributed by atoms with Crippen molar-refractivity contribution < 1.29 is 9.59 Å². The normalized spacial score (nSPS) is 20.3. The molecule has 0 radical (unpaired) electrons. The molecule has 1 unspecified atom stereocenters. The minimum absolute atomic E-state index is 0.0149. The number of carbonyl (C=O) groups is 2. The van der Waals surface area contributed by atoms with Crippen molar-refractivity contribution >= 4 is 28.2 Å². The van der Waals surface area contributed by atoms with E-state index in [4.69, 9.17) is 0 Å². The summed E-state index contributed by atoms with van der Waals surface area (Å²) in [7, 11) is 0. The lowest BCUT2D eigenvalue weighted by Crippen LogP contribution is -2.48. The van der Waals surface area contributed by atoms with Gasteiger partial charge in [-0.15, -0.1) is 11.3 Å². The van der Waals surface area contributed by atoms with E-state index in [2.05, 4.69) is 21.7 Å². The second kappa shape index (κ2) is 6.93. The van der Waals surface area contributed by atoms with E-state index in [1.165, 1.54) is 16.9 Å². The van der Waals surface area contributed by atoms with Gasteiger partial charge in [0.15, 0.2) is 0 Å². The smallest absolute Gasteiger partial charge is 0.264 e. The topological polar surface area (TPSA) is 74.3 Å². The SMILES string of the molecule is O=C(Nc1ccc(C(=O)N2CC(c3cccnc3)C2)s1)C1CCCN1. The molecule has 2 aromatic heterocycles. The summed E-state index contributed by atoms with van der Waals surface area (Å²) in [5.74, 6) is 0.383. The van der Waals surface area contributed by atoms with E-state index in [1.54, 1.807) is 12.3 Å². The number of amides is 2. The summed E-state index contributed by atoms with van der Waals surface area (Å²) in [6.45, 7) is 2.32. The highest BCUT2D eigenvalue weighted by atomic mass is 32.1. The second-order valence-corrected chi connectivity index (χ2v) is 7.58. The van der Waals surface area contributed by atoms with E-state index in [9.17, 15) is 9.59 Å². The maximum absolute atomic E-state index is 12.6. The molecular weight excluding hydrogens is 336 g/mol. The van der Waals surface area contributed by atoms with E-state index >= 15 is 0 Å². The average molecular weight is 356 g/mol. The van der Waals surface area contributed by atoms with Crippen LogP contribution in [0.2, 0.25) is 0 Å². The fraction of sp³-hybridized carbons (Fsp3) is 0.389. The molecule has 0 saturated carbocycles. The van der Waals surface area contributed by atoms with Gasteiger partial charge in [-0.25, -0.2) is 0 Å². The van der Waals surface area contributed by atoms with Crippen LogP contribution in [-0.4, -0.2) is 47.4 Å². The zero-order chi connectivity index (χ0) is 17.2. The predicted molar refractivity (Wildman–Crippen MR) is 96.9 cm³/mol. The molecule has 2 saturated heterocycles. The standard InChI is InChI=1S/C18H20N4O2S/c23-17(14-4-2-8-20-14)21-16-6-5-15(25-16)18(24)22-10-13(11-22)12-3-1-7-19-9-12/h1,3,5-7,9,13-14,20H,2,4,8,10-11H2,(H,21,23). The van der Waals surface area contributed by atoms with Gasteiger partial charge in [0.05, 0.1) is 15.9 Å². The largest absolute Gasteiger partial charge is 0.337 e. The number of rotatable bonds is 4. The molecule has 2 aliphatic heterocycles. The first-order valence-corrected chi connectivity index (χ1v) is 9.35. The van der Waals surface area contributed by atoms with Crippen LogP contribution in [0.5, 0.6) is 0 Å². The summed E-state index contributed by atoms with van der Waals surface area (Å²) >= 11 is 1.34. The lowest BCUT2D eigenvalue weighted by Gasteiger charge is -2.39. The molecule has 25 heavy (non-hydrogen) atoms. The van der Waals surface area contributed by atoms with Gasteiger partial charge in [-0.05, 0) is 43.1 Å². The molecule has 0 spiro atoms. The Morgan fingerprint density at radius 3 is 2.88 bits per heavy atom. The Hall–Kier alpha value is -2.25. The van der Waals surface area contributed by atoms with Gasteiger partial charge >= 0.3 is 0 Å². The van der Waals surface area contributed by atoms with E-state index in [0.29, 0.717) is 10.8 Å². The lowest BCUT2D eigenvalue weighted by molar-refractivity contribution is -0.117. The quantitative estimate of drug-likeness (QED) is 0.880. The first-order valence-electron chi connectivity index (χ1n) is 8.54. The van der Waals surface area contributed by atoms with Gasteiger partial charge in [0.1, 0.15) is 0 Å². The second-order valence-electron chi connectivity index (χ2n) is 6.50. The van der Waals surface area contributed by atoms with Crippen molar-refractivity contribution in [3.05, 3.63) is 47.1 Å². The molecule has 2 aliphatic rings. The molecule has 0 aromatic carbocycles. The molecule has 4 rings (SSSR count). The Kier molecular flexibility index (Phi) is 4.50. The van der Waals surface area contributed by atoms with Crippen molar-refractivity contribution in [1.29, 1.82) is 0 Å². The van der Waals surface area contributed by atoms with E-state index in [0.717, 1.165) is 37.5 Å². The predicted octanol–water partition coefficient (Wildman–Crippen LogP) is 2.07. The zero-order valence-electron chi connectivity index (χ0n) is 13.8. The van der Waals surface area contributed by atoms with Gasteiger partial charge in [-0.2, -0.15) is 0 Å². The van der Waals surface area contributed by atoms with Gasteiger partial charge in [0, 0.05) is 31.4 Å². The highest BCUT2D eigenvalue weighted by Crippen LogP contribution is 2.30. The highest BCUT2D eigenvalue weighted by Gasteiger charge is 2.33. The molecule has 7 heteroatoms. The molecule has 0 aliphatic carbocycles. The summed E-state index contributed by atoms with van der Waals surface area (Å²) < 4.78 is 0. The van der Waals surface area contributed by atoms with Crippen LogP contribution in [0.15, 0.2) is 36.7 Å². The summed E-state index contributed by atoms with van der Waals surface area (Å²) in [4.78, 5) is 31.3. The van der Waals surface area contributed by atoms with Crippen LogP contribution in [0.25, 0.3) is 0 Å². The van der Waals surface area contributed by atoms with Crippen molar-refractivity contribution in [2.75, 3.05) is 25.0 Å². The van der Waals surface area contributed by atoms with Crippen LogP contribution in [0.4, 0.5) is 5.00 Å². The number of thiophene rings is 1. The van der Waals surface area contributed by atoms with Crippen LogP contribution in [0.3, 0.4) is 0 Å². The number of nitrogens with one attached hydrogen (secondary N) is 2. The molecule has 2 amide bonds. The maximum atomic E-state index is 12.6. The summed E-state index contributed by atoms with van der Waals surface area (Å²) in [5.41, 5.74) is 1.18. The number of nitrogens with zero attached hydrogens (tertiary/aromatic N) is 2. The first kappa shape index (κ1) is 16.2. The molecule has 4 heterocycles. The van der Waals surface area contributed by atoms with Crippen LogP contribution >= 0.6 is 11.3 Å². The van der Waals surface area contributed by atoms with E-state index in [-0.39, 0.29) is 17.9 Å². The summed E-state index contributed by atoms with van der Waals surface area (Å²) in [5, 5.41) is 6.81. The fourth-order valence-electron chi connectivity index (χ4n) is 3.27. The lowest BCUT2D eigenvalue weighted by atomic mass is 9.92. The molecule has 2 aromatic rings. The van der Waals surface area contributed by atoms with Crippen LogP contribution in [0.1, 0.15) is 34.0 Å². The van der Waals surface area contributed by atoms with Gasteiger partial charge in [0.25, 0.3) is 5.91 Å². The molecule has 2 N–H and O–H groups in total. The number of aromatic nitrogens is 1. The highest BCUT2D eigenvalue weighted by molar-refractivity contribution is 7.18. The van der Waals surface area contributed by atoms with Gasteiger partial charge < -0.3 is 15.5 Å². The van der Waals surface area contributed by atoms with Crippen LogP contribution in [-0.2, 0) is 4.79 Å². The van der Waals surface area contributed by atoms with Crippen molar-refractivity contribution in [3.63, 3.8) is 0 Å². The van der Waals surface area contributed by atoms with E-state index < -0.39 is 0 Å². The molecular formula is C18H20N4O2S. The fourth-order valence-corrected chi connectivity index (χ4v) is 4.14. The number of anilines is 1. The Morgan fingerprint density at radius 1 is 1.28 bits per heavy atom. The first-order chi connectivity index (χ1) is 12.2. The van der Waals surface area contributed by atoms with Crippen molar-refractivity contribution in [3.8, 4) is 0 Å². The number of hydrogen-bond donors (Lipinski definition) is 2. The molecule has 2 fully saturated rings. The van der Waals surface area contributed by atoms with Crippen molar-refractivity contribution in [1.82, 2.24) is 15.2 Å². The molecule has 1 atom stereocenters. The summed E-state index contributed by atoms with van der Waals surface area (Å²) in [6.07, 6.45) is 5.52. The third-order valence-corrected chi connectivity index (χ3v) is 5.75. The average Bonchev–Trinajstić information content (AvgIpc) is 3.26.